The summed E-state index contributed by atoms with van der Waals surface area (Å²) in [5.74, 6) is 0.408. The number of nitrogens with one attached hydrogen (secondary N) is 1. The molecule has 1 N–H and O–H groups in total. The van der Waals surface area contributed by atoms with Crippen LogP contribution < -0.4 is 5.32 Å². The van der Waals surface area contributed by atoms with E-state index in [0.717, 1.165) is 12.0 Å². The highest BCUT2D eigenvalue weighted by molar-refractivity contribution is 5.95. The molecule has 2 aromatic rings. The van der Waals surface area contributed by atoms with Gasteiger partial charge < -0.3 is 14.7 Å². The Bertz CT molecular complexity index is 727. The van der Waals surface area contributed by atoms with Crippen molar-refractivity contribution in [3.63, 3.8) is 0 Å². The molecular weight excluding hydrogens is 330 g/mol. The van der Waals surface area contributed by atoms with Crippen LogP contribution in [0.1, 0.15) is 50.9 Å². The van der Waals surface area contributed by atoms with E-state index >= 15 is 0 Å². The van der Waals surface area contributed by atoms with Crippen LogP contribution in [0.2, 0.25) is 0 Å². The Kier molecular flexibility index (Phi) is 6.95. The fourth-order valence-corrected chi connectivity index (χ4v) is 2.87. The van der Waals surface area contributed by atoms with E-state index in [1.54, 1.807) is 17.9 Å². The zero-order valence-corrected chi connectivity index (χ0v) is 15.9. The summed E-state index contributed by atoms with van der Waals surface area (Å²) in [4.78, 5) is 27.3. The lowest BCUT2D eigenvalue weighted by atomic mass is 9.94. The molecule has 6 nitrogen and oxygen atoms in total. The number of aromatic nitrogens is 1. The summed E-state index contributed by atoms with van der Waals surface area (Å²) in [7, 11) is 0. The van der Waals surface area contributed by atoms with Crippen LogP contribution in [-0.2, 0) is 9.59 Å². The molecule has 0 aliphatic heterocycles. The van der Waals surface area contributed by atoms with Gasteiger partial charge in [0.05, 0.1) is 5.92 Å². The average Bonchev–Trinajstić information content (AvgIpc) is 3.05. The van der Waals surface area contributed by atoms with Crippen LogP contribution in [0.4, 0.5) is 5.82 Å². The van der Waals surface area contributed by atoms with Gasteiger partial charge in [0.2, 0.25) is 11.8 Å². The zero-order chi connectivity index (χ0) is 19.1. The minimum Gasteiger partial charge on any atom is -0.360 e. The summed E-state index contributed by atoms with van der Waals surface area (Å²) in [6, 6.07) is 11.3. The van der Waals surface area contributed by atoms with Crippen molar-refractivity contribution in [1.82, 2.24) is 10.1 Å². The number of hydrogen-bond donors (Lipinski definition) is 1. The first-order valence-electron chi connectivity index (χ1n) is 9.04. The molecule has 0 spiro atoms. The summed E-state index contributed by atoms with van der Waals surface area (Å²) >= 11 is 0. The largest absolute Gasteiger partial charge is 0.360 e. The van der Waals surface area contributed by atoms with Crippen molar-refractivity contribution >= 4 is 17.6 Å². The highest BCUT2D eigenvalue weighted by atomic mass is 16.5. The van der Waals surface area contributed by atoms with Gasteiger partial charge in [-0.1, -0.05) is 49.3 Å². The second-order valence-corrected chi connectivity index (χ2v) is 6.47. The van der Waals surface area contributed by atoms with E-state index in [0.29, 0.717) is 18.0 Å². The Morgan fingerprint density at radius 3 is 2.42 bits per heavy atom. The third kappa shape index (κ3) is 4.94. The highest BCUT2D eigenvalue weighted by Crippen LogP contribution is 2.23. The Morgan fingerprint density at radius 1 is 1.19 bits per heavy atom. The van der Waals surface area contributed by atoms with E-state index in [-0.39, 0.29) is 30.3 Å². The molecular formula is C20H27N3O3. The molecule has 0 saturated carbocycles. The Morgan fingerprint density at radius 2 is 1.88 bits per heavy atom. The molecule has 1 heterocycles. The van der Waals surface area contributed by atoms with Gasteiger partial charge in [-0.05, 0) is 32.3 Å². The van der Waals surface area contributed by atoms with Gasteiger partial charge in [-0.2, -0.15) is 0 Å². The fourth-order valence-electron chi connectivity index (χ4n) is 2.87. The molecule has 0 radical (unpaired) electrons. The van der Waals surface area contributed by atoms with Crippen molar-refractivity contribution in [1.29, 1.82) is 0 Å². The van der Waals surface area contributed by atoms with Crippen LogP contribution in [0.25, 0.3) is 0 Å². The molecule has 0 aliphatic rings. The maximum absolute atomic E-state index is 13.2. The van der Waals surface area contributed by atoms with E-state index < -0.39 is 0 Å². The summed E-state index contributed by atoms with van der Waals surface area (Å²) in [5.41, 5.74) is 0.973. The SMILES string of the molecule is CCC(C(=O)N(CC(=O)Nc1cc(C)on1)C(C)CC)c1ccccc1. The normalized spacial score (nSPS) is 13.1. The minimum absolute atomic E-state index is 0.0108. The summed E-state index contributed by atoms with van der Waals surface area (Å²) < 4.78 is 4.95. The molecule has 1 aromatic heterocycles. The second kappa shape index (κ2) is 9.17. The topological polar surface area (TPSA) is 75.4 Å². The van der Waals surface area contributed by atoms with E-state index in [2.05, 4.69) is 10.5 Å². The van der Waals surface area contributed by atoms with Crippen molar-refractivity contribution in [3.8, 4) is 0 Å². The van der Waals surface area contributed by atoms with Gasteiger partial charge in [-0.3, -0.25) is 9.59 Å². The predicted octanol–water partition coefficient (Wildman–Crippen LogP) is 3.74. The first-order chi connectivity index (χ1) is 12.5. The second-order valence-electron chi connectivity index (χ2n) is 6.47. The number of aryl methyl sites for hydroxylation is 1. The van der Waals surface area contributed by atoms with Crippen molar-refractivity contribution in [2.45, 2.75) is 52.5 Å². The first-order valence-corrected chi connectivity index (χ1v) is 9.04. The molecule has 2 rings (SSSR count). The molecule has 26 heavy (non-hydrogen) atoms. The number of hydrogen-bond acceptors (Lipinski definition) is 4. The molecule has 0 saturated heterocycles. The molecule has 2 amide bonds. The molecule has 1 aromatic carbocycles. The Labute approximate surface area is 154 Å². The van der Waals surface area contributed by atoms with E-state index in [1.165, 1.54) is 0 Å². The maximum atomic E-state index is 13.2. The van der Waals surface area contributed by atoms with Crippen LogP contribution in [0.5, 0.6) is 0 Å². The number of carbonyl (C=O) groups is 2. The van der Waals surface area contributed by atoms with Crippen molar-refractivity contribution in [3.05, 3.63) is 47.7 Å². The number of benzene rings is 1. The van der Waals surface area contributed by atoms with Gasteiger partial charge in [0.25, 0.3) is 0 Å². The third-order valence-corrected chi connectivity index (χ3v) is 4.52. The van der Waals surface area contributed by atoms with Gasteiger partial charge in [0.1, 0.15) is 12.3 Å². The molecule has 6 heteroatoms. The van der Waals surface area contributed by atoms with E-state index in [1.807, 2.05) is 51.1 Å². The van der Waals surface area contributed by atoms with Crippen LogP contribution >= 0.6 is 0 Å². The van der Waals surface area contributed by atoms with Gasteiger partial charge in [-0.25, -0.2) is 0 Å². The lowest BCUT2D eigenvalue weighted by Crippen LogP contribution is -2.45. The smallest absolute Gasteiger partial charge is 0.245 e. The van der Waals surface area contributed by atoms with Gasteiger partial charge in [0, 0.05) is 12.1 Å². The van der Waals surface area contributed by atoms with E-state index in [4.69, 9.17) is 4.52 Å². The number of nitrogens with zero attached hydrogens (tertiary/aromatic N) is 2. The third-order valence-electron chi connectivity index (χ3n) is 4.52. The fraction of sp³-hybridized carbons (Fsp3) is 0.450. The number of amides is 2. The predicted molar refractivity (Wildman–Crippen MR) is 101 cm³/mol. The molecule has 0 fully saturated rings. The Hall–Kier alpha value is -2.63. The number of rotatable bonds is 8. The molecule has 2 unspecified atom stereocenters. The Balaban J connectivity index is 2.14. The molecule has 0 bridgehead atoms. The molecule has 0 aliphatic carbocycles. The molecule has 140 valence electrons. The minimum atomic E-state index is -0.283. The lowest BCUT2D eigenvalue weighted by molar-refractivity contribution is -0.138. The summed E-state index contributed by atoms with van der Waals surface area (Å²) in [6.07, 6.45) is 1.45. The van der Waals surface area contributed by atoms with Crippen molar-refractivity contribution < 1.29 is 14.1 Å². The maximum Gasteiger partial charge on any atom is 0.245 e. The first kappa shape index (κ1) is 19.7. The monoisotopic (exact) mass is 357 g/mol. The average molecular weight is 357 g/mol. The van der Waals surface area contributed by atoms with Gasteiger partial charge in [0.15, 0.2) is 5.82 Å². The van der Waals surface area contributed by atoms with Crippen LogP contribution in [0, 0.1) is 6.92 Å². The summed E-state index contributed by atoms with van der Waals surface area (Å²) in [6.45, 7) is 7.70. The zero-order valence-electron chi connectivity index (χ0n) is 15.9. The number of carbonyl (C=O) groups excluding carboxylic acids is 2. The summed E-state index contributed by atoms with van der Waals surface area (Å²) in [5, 5.41) is 6.45. The van der Waals surface area contributed by atoms with Crippen LogP contribution in [0.3, 0.4) is 0 Å². The van der Waals surface area contributed by atoms with Gasteiger partial charge in [-0.15, -0.1) is 0 Å². The van der Waals surface area contributed by atoms with E-state index in [9.17, 15) is 9.59 Å². The van der Waals surface area contributed by atoms with Crippen molar-refractivity contribution in [2.75, 3.05) is 11.9 Å². The van der Waals surface area contributed by atoms with Crippen LogP contribution in [-0.4, -0.2) is 34.5 Å². The lowest BCUT2D eigenvalue weighted by Gasteiger charge is -2.31. The quantitative estimate of drug-likeness (QED) is 0.781. The highest BCUT2D eigenvalue weighted by Gasteiger charge is 2.28. The standard InChI is InChI=1S/C20H27N3O3/c1-5-14(3)23(13-19(24)21-18-12-15(4)26-22-18)20(25)17(6-2)16-10-8-7-9-11-16/h7-12,14,17H,5-6,13H2,1-4H3,(H,21,22,24). The van der Waals surface area contributed by atoms with Crippen LogP contribution in [0.15, 0.2) is 40.9 Å². The number of anilines is 1. The molecule has 2 atom stereocenters. The van der Waals surface area contributed by atoms with Crippen molar-refractivity contribution in [2.24, 2.45) is 0 Å². The van der Waals surface area contributed by atoms with Gasteiger partial charge >= 0.3 is 0 Å².